The number of nitrogens with zero attached hydrogens (tertiary/aromatic N) is 2. The number of ether oxygens (including phenoxy) is 1. The smallest absolute Gasteiger partial charge is 0.152 e. The van der Waals surface area contributed by atoms with Crippen molar-refractivity contribution in [2.24, 2.45) is 0 Å². The summed E-state index contributed by atoms with van der Waals surface area (Å²) in [6.07, 6.45) is 0.250. The number of hydrogen-bond donors (Lipinski definition) is 2. The Balaban J connectivity index is 1.54. The fourth-order valence-electron chi connectivity index (χ4n) is 3.09. The van der Waals surface area contributed by atoms with Gasteiger partial charge >= 0.3 is 0 Å². The molecule has 2 heterocycles. The molecule has 142 valence electrons. The van der Waals surface area contributed by atoms with Gasteiger partial charge in [-0.05, 0) is 0 Å². The van der Waals surface area contributed by atoms with E-state index in [4.69, 9.17) is 4.74 Å². The Hall–Kier alpha value is -0.250. The third kappa shape index (κ3) is 7.76. The molecule has 0 aliphatic carbocycles. The van der Waals surface area contributed by atoms with Crippen LogP contribution in [0.1, 0.15) is 13.8 Å². The minimum atomic E-state index is -2.78. The first kappa shape index (κ1) is 20.1. The van der Waals surface area contributed by atoms with Gasteiger partial charge in [0.05, 0.1) is 24.2 Å². The summed E-state index contributed by atoms with van der Waals surface area (Å²) >= 11 is 0. The Morgan fingerprint density at radius 2 is 1.79 bits per heavy atom. The maximum absolute atomic E-state index is 11.4. The van der Waals surface area contributed by atoms with Crippen LogP contribution in [0.4, 0.5) is 0 Å². The van der Waals surface area contributed by atoms with Crippen molar-refractivity contribution >= 4 is 9.84 Å². The van der Waals surface area contributed by atoms with Crippen LogP contribution in [0.2, 0.25) is 0 Å². The van der Waals surface area contributed by atoms with E-state index in [0.717, 1.165) is 52.4 Å². The highest BCUT2D eigenvalue weighted by Crippen LogP contribution is 2.05. The average molecular weight is 363 g/mol. The fraction of sp³-hybridized carbons (Fsp3) is 1.00. The summed E-state index contributed by atoms with van der Waals surface area (Å²) in [4.78, 5) is 4.68. The molecule has 0 aromatic heterocycles. The molecule has 2 fully saturated rings. The third-order valence-corrected chi connectivity index (χ3v) is 6.23. The lowest BCUT2D eigenvalue weighted by Gasteiger charge is -2.33. The molecular weight excluding hydrogens is 328 g/mol. The standard InChI is InChI=1S/C16H34N4O3S/c1-15(2)18-4-6-20-7-10-23-16(14-20)13-17-3-5-19-8-11-24(21,22)12-9-19/h15-18H,3-14H2,1-2H3. The maximum atomic E-state index is 11.4. The molecule has 8 heteroatoms. The molecule has 0 aromatic rings. The molecule has 2 rings (SSSR count). The highest BCUT2D eigenvalue weighted by Gasteiger charge is 2.22. The van der Waals surface area contributed by atoms with Crippen LogP contribution in [-0.4, -0.2) is 107 Å². The van der Waals surface area contributed by atoms with Crippen LogP contribution in [-0.2, 0) is 14.6 Å². The number of hydrogen-bond acceptors (Lipinski definition) is 7. The van der Waals surface area contributed by atoms with E-state index in [-0.39, 0.29) is 6.10 Å². The van der Waals surface area contributed by atoms with Crippen molar-refractivity contribution in [2.45, 2.75) is 26.0 Å². The van der Waals surface area contributed by atoms with Crippen molar-refractivity contribution in [1.82, 2.24) is 20.4 Å². The van der Waals surface area contributed by atoms with Crippen LogP contribution in [0.3, 0.4) is 0 Å². The number of morpholine rings is 1. The van der Waals surface area contributed by atoms with Crippen molar-refractivity contribution in [3.05, 3.63) is 0 Å². The van der Waals surface area contributed by atoms with Crippen LogP contribution in [0, 0.1) is 0 Å². The largest absolute Gasteiger partial charge is 0.374 e. The summed E-state index contributed by atoms with van der Waals surface area (Å²) in [5, 5.41) is 6.92. The van der Waals surface area contributed by atoms with Gasteiger partial charge in [0.25, 0.3) is 0 Å². The fourth-order valence-corrected chi connectivity index (χ4v) is 4.37. The molecule has 24 heavy (non-hydrogen) atoms. The van der Waals surface area contributed by atoms with Crippen LogP contribution in [0.5, 0.6) is 0 Å². The van der Waals surface area contributed by atoms with Crippen molar-refractivity contribution < 1.29 is 13.2 Å². The lowest BCUT2D eigenvalue weighted by molar-refractivity contribution is -0.0266. The lowest BCUT2D eigenvalue weighted by atomic mass is 10.2. The summed E-state index contributed by atoms with van der Waals surface area (Å²) in [5.41, 5.74) is 0. The molecule has 0 aromatic carbocycles. The Kier molecular flexibility index (Phi) is 8.39. The molecule has 2 N–H and O–H groups in total. The Bertz CT molecular complexity index is 444. The van der Waals surface area contributed by atoms with Gasteiger partial charge in [0.2, 0.25) is 0 Å². The summed E-state index contributed by atoms with van der Waals surface area (Å²) in [6, 6.07) is 0.535. The van der Waals surface area contributed by atoms with Gasteiger partial charge in [0.15, 0.2) is 9.84 Å². The van der Waals surface area contributed by atoms with Gasteiger partial charge in [0.1, 0.15) is 0 Å². The van der Waals surface area contributed by atoms with Gasteiger partial charge in [-0.25, -0.2) is 8.42 Å². The van der Waals surface area contributed by atoms with E-state index < -0.39 is 9.84 Å². The molecule has 0 amide bonds. The van der Waals surface area contributed by atoms with Gasteiger partial charge in [-0.1, -0.05) is 13.8 Å². The number of rotatable bonds is 9. The van der Waals surface area contributed by atoms with E-state index in [2.05, 4.69) is 34.3 Å². The van der Waals surface area contributed by atoms with Crippen molar-refractivity contribution in [3.8, 4) is 0 Å². The SMILES string of the molecule is CC(C)NCCN1CCOC(CNCCN2CCS(=O)(=O)CC2)C1. The second-order valence-electron chi connectivity index (χ2n) is 7.10. The summed E-state index contributed by atoms with van der Waals surface area (Å²) < 4.78 is 28.7. The van der Waals surface area contributed by atoms with Gasteiger partial charge < -0.3 is 20.3 Å². The van der Waals surface area contributed by atoms with Crippen LogP contribution >= 0.6 is 0 Å². The molecule has 1 atom stereocenters. The first-order valence-corrected chi connectivity index (χ1v) is 11.0. The molecule has 1 unspecified atom stereocenters. The van der Waals surface area contributed by atoms with E-state index in [1.807, 2.05) is 0 Å². The zero-order valence-corrected chi connectivity index (χ0v) is 16.0. The van der Waals surface area contributed by atoms with Gasteiger partial charge in [-0.3, -0.25) is 4.90 Å². The first-order chi connectivity index (χ1) is 11.4. The molecule has 2 aliphatic heterocycles. The molecule has 0 saturated carbocycles. The maximum Gasteiger partial charge on any atom is 0.152 e. The molecule has 0 spiro atoms. The van der Waals surface area contributed by atoms with Gasteiger partial charge in [-0.2, -0.15) is 0 Å². The van der Waals surface area contributed by atoms with E-state index in [0.29, 0.717) is 30.6 Å². The van der Waals surface area contributed by atoms with Gasteiger partial charge in [-0.15, -0.1) is 0 Å². The molecule has 0 bridgehead atoms. The molecular formula is C16H34N4O3S. The van der Waals surface area contributed by atoms with Crippen molar-refractivity contribution in [2.75, 3.05) is 77.0 Å². The van der Waals surface area contributed by atoms with Crippen molar-refractivity contribution in [1.29, 1.82) is 0 Å². The van der Waals surface area contributed by atoms with Crippen LogP contribution in [0.25, 0.3) is 0 Å². The second-order valence-corrected chi connectivity index (χ2v) is 9.40. The third-order valence-electron chi connectivity index (χ3n) is 4.62. The Morgan fingerprint density at radius 3 is 2.50 bits per heavy atom. The summed E-state index contributed by atoms with van der Waals surface area (Å²) in [6.45, 7) is 13.2. The monoisotopic (exact) mass is 362 g/mol. The molecule has 7 nitrogen and oxygen atoms in total. The predicted molar refractivity (Wildman–Crippen MR) is 97.3 cm³/mol. The summed E-state index contributed by atoms with van der Waals surface area (Å²) in [5.74, 6) is 0.607. The Morgan fingerprint density at radius 1 is 1.08 bits per heavy atom. The average Bonchev–Trinajstić information content (AvgIpc) is 2.53. The number of sulfone groups is 1. The minimum Gasteiger partial charge on any atom is -0.374 e. The predicted octanol–water partition coefficient (Wildman–Crippen LogP) is -0.995. The molecule has 2 saturated heterocycles. The normalized spacial score (nSPS) is 26.0. The van der Waals surface area contributed by atoms with Crippen molar-refractivity contribution in [3.63, 3.8) is 0 Å². The lowest BCUT2D eigenvalue weighted by Crippen LogP contribution is -2.49. The zero-order valence-electron chi connectivity index (χ0n) is 15.2. The first-order valence-electron chi connectivity index (χ1n) is 9.15. The molecule has 2 aliphatic rings. The minimum absolute atomic E-state index is 0.250. The highest BCUT2D eigenvalue weighted by atomic mass is 32.2. The van der Waals surface area contributed by atoms with Gasteiger partial charge in [0, 0.05) is 64.9 Å². The van der Waals surface area contributed by atoms with Crippen LogP contribution in [0.15, 0.2) is 0 Å². The molecule has 0 radical (unpaired) electrons. The van der Waals surface area contributed by atoms with E-state index in [1.165, 1.54) is 0 Å². The summed E-state index contributed by atoms with van der Waals surface area (Å²) in [7, 11) is -2.78. The van der Waals surface area contributed by atoms with Crippen LogP contribution < -0.4 is 10.6 Å². The van der Waals surface area contributed by atoms with E-state index in [1.54, 1.807) is 0 Å². The topological polar surface area (TPSA) is 73.9 Å². The van der Waals surface area contributed by atoms with E-state index in [9.17, 15) is 8.42 Å². The number of nitrogens with one attached hydrogen (secondary N) is 2. The second kappa shape index (κ2) is 10.0. The zero-order chi connectivity index (χ0) is 17.4. The quantitative estimate of drug-likeness (QED) is 0.510. The Labute approximate surface area is 147 Å². The highest BCUT2D eigenvalue weighted by molar-refractivity contribution is 7.91. The van der Waals surface area contributed by atoms with E-state index >= 15 is 0 Å².